The molecule has 3 aliphatic rings. The number of aliphatic hydroxyl groups excluding tert-OH is 3. The van der Waals surface area contributed by atoms with E-state index in [1.807, 2.05) is 0 Å². The molecule has 1 aromatic carbocycles. The number of fused-ring (bicyclic) bond motifs is 2. The SMILES string of the molecule is CC(=O)N1C2N([C@@H]3O[C@H](CO)C(O)C3O)C=NC2(C(C)=O)C(N[C@H](C)CS(=O)(=O)c2nc3ccccc3s2)=NC1(Cl)C(C)=O. The molecule has 1 amide bonds. The number of amidine groups is 1. The first kappa shape index (κ1) is 32.3. The highest BCUT2D eigenvalue weighted by atomic mass is 35.5. The predicted molar refractivity (Wildman–Crippen MR) is 159 cm³/mol. The molecular weight excluding hydrogens is 640 g/mol. The van der Waals surface area contributed by atoms with Crippen molar-refractivity contribution in [3.8, 4) is 0 Å². The standard InChI is InChI=1S/C26H31ClN6O9S2/c1-12(10-44(40,41)24-30-16-7-5-6-8-18(16)43-24)29-22-25(13(2)35)23(33(15(4)37)26(27,31-22)14(3)36)32(11-28-25)21-20(39)19(38)17(9-34)42-21/h5-8,11-12,17,19-21,23,34,38-39H,9-10H2,1-4H3,(H,29,31)/t12-,17-,19?,20?,21-,23?,25?,26?/m1/s1. The van der Waals surface area contributed by atoms with Crippen molar-refractivity contribution in [1.29, 1.82) is 0 Å². The highest BCUT2D eigenvalue weighted by molar-refractivity contribution is 7.93. The number of aromatic nitrogens is 1. The molecule has 5 rings (SSSR count). The van der Waals surface area contributed by atoms with Gasteiger partial charge in [-0.25, -0.2) is 23.4 Å². The van der Waals surface area contributed by atoms with Crippen molar-refractivity contribution in [2.24, 2.45) is 9.98 Å². The molecule has 3 aliphatic heterocycles. The van der Waals surface area contributed by atoms with Gasteiger partial charge in [0.2, 0.25) is 25.6 Å². The number of halogens is 1. The van der Waals surface area contributed by atoms with Gasteiger partial charge in [0.05, 0.1) is 28.9 Å². The summed E-state index contributed by atoms with van der Waals surface area (Å²) in [6.07, 6.45) is -6.28. The summed E-state index contributed by atoms with van der Waals surface area (Å²) >= 11 is 7.77. The Morgan fingerprint density at radius 2 is 1.84 bits per heavy atom. The molecule has 1 fully saturated rings. The minimum absolute atomic E-state index is 0.107. The van der Waals surface area contributed by atoms with Gasteiger partial charge in [-0.3, -0.25) is 19.3 Å². The number of hydrogen-bond acceptors (Lipinski definition) is 15. The summed E-state index contributed by atoms with van der Waals surface area (Å²) in [6.45, 7) is 4.21. The quantitative estimate of drug-likeness (QED) is 0.201. The van der Waals surface area contributed by atoms with Crippen LogP contribution in [0.3, 0.4) is 0 Å². The maximum atomic E-state index is 13.5. The average Bonchev–Trinajstić information content (AvgIpc) is 3.63. The van der Waals surface area contributed by atoms with Gasteiger partial charge in [-0.15, -0.1) is 11.3 Å². The lowest BCUT2D eigenvalue weighted by molar-refractivity contribution is -0.160. The Labute approximate surface area is 261 Å². The number of thiazole rings is 1. The third-order valence-corrected chi connectivity index (χ3v) is 11.7. The topological polar surface area (TPSA) is 211 Å². The number of ketones is 2. The maximum Gasteiger partial charge on any atom is 0.274 e. The predicted octanol–water partition coefficient (Wildman–Crippen LogP) is -0.773. The smallest absolute Gasteiger partial charge is 0.274 e. The van der Waals surface area contributed by atoms with Crippen LogP contribution < -0.4 is 5.32 Å². The number of carbonyl (C=O) groups is 3. The fourth-order valence-electron chi connectivity index (χ4n) is 5.66. The van der Waals surface area contributed by atoms with Crippen LogP contribution in [0.15, 0.2) is 38.6 Å². The molecule has 0 radical (unpaired) electrons. The van der Waals surface area contributed by atoms with E-state index in [9.17, 15) is 38.1 Å². The van der Waals surface area contributed by atoms with Crippen molar-refractivity contribution in [3.05, 3.63) is 24.3 Å². The lowest BCUT2D eigenvalue weighted by Gasteiger charge is -2.51. The Hall–Kier alpha value is -3.06. The van der Waals surface area contributed by atoms with Gasteiger partial charge in [0.1, 0.15) is 24.1 Å². The van der Waals surface area contributed by atoms with E-state index >= 15 is 0 Å². The maximum absolute atomic E-state index is 13.5. The number of benzene rings is 1. The van der Waals surface area contributed by atoms with Gasteiger partial charge in [-0.05, 0) is 26.0 Å². The first-order valence-electron chi connectivity index (χ1n) is 13.5. The van der Waals surface area contributed by atoms with E-state index in [0.717, 1.165) is 48.2 Å². The Morgan fingerprint density at radius 3 is 2.41 bits per heavy atom. The highest BCUT2D eigenvalue weighted by Crippen LogP contribution is 2.44. The van der Waals surface area contributed by atoms with Crippen molar-refractivity contribution in [1.82, 2.24) is 20.1 Å². The zero-order valence-electron chi connectivity index (χ0n) is 24.0. The fraction of sp³-hybridized carbons (Fsp3) is 0.538. The summed E-state index contributed by atoms with van der Waals surface area (Å²) < 4.78 is 33.0. The monoisotopic (exact) mass is 670 g/mol. The number of sulfone groups is 1. The molecule has 15 nitrogen and oxygen atoms in total. The van der Waals surface area contributed by atoms with Crippen LogP contribution in [-0.2, 0) is 29.0 Å². The van der Waals surface area contributed by atoms with Crippen molar-refractivity contribution in [2.45, 2.75) is 79.4 Å². The Kier molecular flexibility index (Phi) is 8.37. The number of hydrogen-bond donors (Lipinski definition) is 4. The number of ether oxygens (including phenoxy) is 1. The van der Waals surface area contributed by atoms with E-state index < -0.39 is 87.1 Å². The second kappa shape index (κ2) is 11.4. The summed E-state index contributed by atoms with van der Waals surface area (Å²) in [6, 6.07) is 6.01. The fourth-order valence-corrected chi connectivity index (χ4v) is 8.75. The van der Waals surface area contributed by atoms with Gasteiger partial charge in [-0.1, -0.05) is 23.7 Å². The lowest BCUT2D eigenvalue weighted by Crippen LogP contribution is -2.76. The largest absolute Gasteiger partial charge is 0.394 e. The van der Waals surface area contributed by atoms with E-state index in [2.05, 4.69) is 20.3 Å². The van der Waals surface area contributed by atoms with Crippen molar-refractivity contribution in [3.63, 3.8) is 0 Å². The van der Waals surface area contributed by atoms with E-state index in [-0.39, 0.29) is 10.2 Å². The number of carbonyl (C=O) groups excluding carboxylic acids is 3. The van der Waals surface area contributed by atoms with Crippen molar-refractivity contribution >= 4 is 72.6 Å². The van der Waals surface area contributed by atoms with Crippen molar-refractivity contribution < 1.29 is 42.9 Å². The third kappa shape index (κ3) is 4.99. The molecule has 0 aliphatic carbocycles. The second-order valence-corrected chi connectivity index (χ2v) is 14.6. The number of para-hydroxylation sites is 1. The van der Waals surface area contributed by atoms with Crippen LogP contribution in [0.4, 0.5) is 0 Å². The van der Waals surface area contributed by atoms with Crippen LogP contribution in [0.5, 0.6) is 0 Å². The first-order valence-corrected chi connectivity index (χ1v) is 16.3. The molecule has 238 valence electrons. The van der Waals surface area contributed by atoms with Crippen molar-refractivity contribution in [2.75, 3.05) is 12.4 Å². The molecule has 18 heteroatoms. The summed E-state index contributed by atoms with van der Waals surface area (Å²) in [7, 11) is -3.96. The Bertz CT molecular complexity index is 1650. The molecule has 44 heavy (non-hydrogen) atoms. The van der Waals surface area contributed by atoms with Crippen LogP contribution >= 0.6 is 22.9 Å². The minimum atomic E-state index is -3.96. The van der Waals surface area contributed by atoms with Gasteiger partial charge in [0.15, 0.2) is 24.0 Å². The van der Waals surface area contributed by atoms with Crippen LogP contribution in [0.1, 0.15) is 27.7 Å². The number of alkyl halides is 1. The number of nitrogens with zero attached hydrogens (tertiary/aromatic N) is 5. The van der Waals surface area contributed by atoms with E-state index in [1.54, 1.807) is 24.3 Å². The molecule has 1 saturated heterocycles. The summed E-state index contributed by atoms with van der Waals surface area (Å²) in [5, 5.41) is 31.3. The molecule has 4 N–H and O–H groups in total. The number of nitrogens with one attached hydrogen (secondary N) is 1. The Morgan fingerprint density at radius 1 is 1.16 bits per heavy atom. The lowest BCUT2D eigenvalue weighted by atomic mass is 9.86. The van der Waals surface area contributed by atoms with Crippen LogP contribution in [-0.4, -0.2) is 128 Å². The van der Waals surface area contributed by atoms with Gasteiger partial charge in [0, 0.05) is 19.9 Å². The zero-order chi connectivity index (χ0) is 32.4. The molecular formula is C26H31ClN6O9S2. The highest BCUT2D eigenvalue weighted by Gasteiger charge is 2.67. The van der Waals surface area contributed by atoms with Gasteiger partial charge >= 0.3 is 0 Å². The summed E-state index contributed by atoms with van der Waals surface area (Å²) in [4.78, 5) is 54.6. The van der Waals surface area contributed by atoms with E-state index in [4.69, 9.17) is 16.3 Å². The number of amides is 1. The average molecular weight is 671 g/mol. The molecule has 8 atom stereocenters. The summed E-state index contributed by atoms with van der Waals surface area (Å²) in [5.41, 5.74) is -1.56. The molecule has 0 spiro atoms. The molecule has 5 unspecified atom stereocenters. The molecule has 0 bridgehead atoms. The van der Waals surface area contributed by atoms with Gasteiger partial charge in [0.25, 0.3) is 5.12 Å². The van der Waals surface area contributed by atoms with Crippen LogP contribution in [0, 0.1) is 0 Å². The number of rotatable bonds is 8. The molecule has 0 saturated carbocycles. The van der Waals surface area contributed by atoms with E-state index in [1.165, 1.54) is 6.92 Å². The molecule has 2 aromatic rings. The number of aliphatic hydroxyl groups is 3. The summed E-state index contributed by atoms with van der Waals surface area (Å²) in [5.74, 6) is -3.07. The number of aliphatic imine (C=N–C) groups is 2. The van der Waals surface area contributed by atoms with Crippen LogP contribution in [0.25, 0.3) is 10.2 Å². The van der Waals surface area contributed by atoms with Gasteiger partial charge in [-0.2, -0.15) is 0 Å². The Balaban J connectivity index is 1.56. The second-order valence-electron chi connectivity index (χ2n) is 10.9. The molecule has 4 heterocycles. The number of Topliss-reactive ketones (excluding diaryl/α,β-unsaturated/α-hetero) is 2. The first-order chi connectivity index (χ1) is 20.6. The minimum Gasteiger partial charge on any atom is -0.394 e. The normalized spacial score (nSPS) is 32.5. The zero-order valence-corrected chi connectivity index (χ0v) is 26.4. The third-order valence-electron chi connectivity index (χ3n) is 7.76. The van der Waals surface area contributed by atoms with Gasteiger partial charge < -0.3 is 30.3 Å². The van der Waals surface area contributed by atoms with E-state index in [0.29, 0.717) is 10.2 Å². The molecule has 1 aromatic heterocycles. The van der Waals surface area contributed by atoms with Crippen LogP contribution in [0.2, 0.25) is 0 Å².